The fraction of sp³-hybridized carbons (Fsp3) is 0.267. The molecular formula is C15H15N5. The fourth-order valence-electron chi connectivity index (χ4n) is 2.66. The molecular weight excluding hydrogens is 250 g/mol. The first-order valence-electron chi connectivity index (χ1n) is 6.90. The summed E-state index contributed by atoms with van der Waals surface area (Å²) in [5.74, 6) is 1.33. The maximum absolute atomic E-state index is 4.56. The second-order valence-electron chi connectivity index (χ2n) is 5.09. The molecule has 0 saturated carbocycles. The van der Waals surface area contributed by atoms with Crippen LogP contribution in [-0.4, -0.2) is 15.9 Å². The third-order valence-corrected chi connectivity index (χ3v) is 3.72. The Labute approximate surface area is 117 Å². The van der Waals surface area contributed by atoms with Crippen molar-refractivity contribution in [1.82, 2.24) is 9.97 Å². The van der Waals surface area contributed by atoms with Crippen molar-refractivity contribution >= 4 is 17.6 Å². The first kappa shape index (κ1) is 11.4. The minimum atomic E-state index is 0.622. The van der Waals surface area contributed by atoms with Crippen LogP contribution in [0.3, 0.4) is 0 Å². The molecule has 0 unspecified atom stereocenters. The largest absolute Gasteiger partial charge is 0.326 e. The van der Waals surface area contributed by atoms with Gasteiger partial charge in [0, 0.05) is 17.6 Å². The standard InChI is InChI=1S/C15H15N5/c1-2-6-12-10(4-1)8-16-14(18-12)20-15-17-9-11-5-3-7-13(11)19-15/h1-2,4,6,9H,3,5,7-8H2,(H2,16,17,18,19,20). The van der Waals surface area contributed by atoms with E-state index in [1.54, 1.807) is 0 Å². The Hall–Kier alpha value is -2.43. The van der Waals surface area contributed by atoms with Gasteiger partial charge in [0.15, 0.2) is 0 Å². The van der Waals surface area contributed by atoms with E-state index in [9.17, 15) is 0 Å². The maximum atomic E-state index is 4.56. The second kappa shape index (κ2) is 4.59. The number of hydrogen-bond donors (Lipinski definition) is 2. The highest BCUT2D eigenvalue weighted by Gasteiger charge is 2.15. The van der Waals surface area contributed by atoms with Gasteiger partial charge in [-0.2, -0.15) is 0 Å². The van der Waals surface area contributed by atoms with Gasteiger partial charge in [-0.1, -0.05) is 18.2 Å². The van der Waals surface area contributed by atoms with Gasteiger partial charge < -0.3 is 5.32 Å². The molecule has 4 rings (SSSR count). The SMILES string of the molecule is c1ccc2c(c1)CN=C(Nc1ncc3c(n1)CCC3)N2. The summed E-state index contributed by atoms with van der Waals surface area (Å²) in [5.41, 5.74) is 4.73. The van der Waals surface area contributed by atoms with Crippen molar-refractivity contribution < 1.29 is 0 Å². The van der Waals surface area contributed by atoms with Crippen LogP contribution < -0.4 is 10.6 Å². The van der Waals surface area contributed by atoms with E-state index in [0.29, 0.717) is 18.5 Å². The van der Waals surface area contributed by atoms with Crippen LogP contribution in [0.5, 0.6) is 0 Å². The molecule has 20 heavy (non-hydrogen) atoms. The van der Waals surface area contributed by atoms with E-state index in [2.05, 4.69) is 37.7 Å². The lowest BCUT2D eigenvalue weighted by Gasteiger charge is -2.18. The quantitative estimate of drug-likeness (QED) is 0.831. The number of benzene rings is 1. The first-order valence-corrected chi connectivity index (χ1v) is 6.90. The zero-order chi connectivity index (χ0) is 13.4. The molecule has 0 spiro atoms. The summed E-state index contributed by atoms with van der Waals surface area (Å²) < 4.78 is 0. The van der Waals surface area contributed by atoms with Crippen molar-refractivity contribution in [1.29, 1.82) is 0 Å². The summed E-state index contributed by atoms with van der Waals surface area (Å²) in [6.07, 6.45) is 5.26. The summed E-state index contributed by atoms with van der Waals surface area (Å²) in [4.78, 5) is 13.4. The van der Waals surface area contributed by atoms with Crippen LogP contribution in [0.1, 0.15) is 23.2 Å². The van der Waals surface area contributed by atoms with Crippen molar-refractivity contribution in [3.05, 3.63) is 47.3 Å². The number of aliphatic imine (C=N–C) groups is 1. The number of aromatic nitrogens is 2. The predicted octanol–water partition coefficient (Wildman–Crippen LogP) is 2.36. The number of nitrogens with zero attached hydrogens (tertiary/aromatic N) is 3. The van der Waals surface area contributed by atoms with Crippen LogP contribution in [0.2, 0.25) is 0 Å². The van der Waals surface area contributed by atoms with Crippen LogP contribution in [0.25, 0.3) is 0 Å². The monoisotopic (exact) mass is 265 g/mol. The molecule has 0 radical (unpaired) electrons. The van der Waals surface area contributed by atoms with E-state index >= 15 is 0 Å². The molecule has 1 aliphatic heterocycles. The smallest absolute Gasteiger partial charge is 0.229 e. The van der Waals surface area contributed by atoms with Gasteiger partial charge in [0.2, 0.25) is 11.9 Å². The molecule has 100 valence electrons. The van der Waals surface area contributed by atoms with Gasteiger partial charge in [-0.3, -0.25) is 5.32 Å². The van der Waals surface area contributed by atoms with Gasteiger partial charge >= 0.3 is 0 Å². The van der Waals surface area contributed by atoms with E-state index in [1.807, 2.05) is 18.3 Å². The molecule has 1 aromatic carbocycles. The Morgan fingerprint density at radius 3 is 3.05 bits per heavy atom. The van der Waals surface area contributed by atoms with E-state index < -0.39 is 0 Å². The van der Waals surface area contributed by atoms with E-state index in [0.717, 1.165) is 18.5 Å². The summed E-state index contributed by atoms with van der Waals surface area (Å²) in [5, 5.41) is 6.44. The second-order valence-corrected chi connectivity index (χ2v) is 5.09. The highest BCUT2D eigenvalue weighted by Crippen LogP contribution is 2.22. The molecule has 1 aromatic heterocycles. The molecule has 0 atom stereocenters. The molecule has 2 N–H and O–H groups in total. The summed E-state index contributed by atoms with van der Waals surface area (Å²) in [7, 11) is 0. The highest BCUT2D eigenvalue weighted by atomic mass is 15.2. The lowest BCUT2D eigenvalue weighted by atomic mass is 10.1. The van der Waals surface area contributed by atoms with Crippen molar-refractivity contribution in [2.75, 3.05) is 10.6 Å². The van der Waals surface area contributed by atoms with Crippen molar-refractivity contribution in [2.24, 2.45) is 4.99 Å². The number of anilines is 2. The average molecular weight is 265 g/mol. The molecule has 2 heterocycles. The average Bonchev–Trinajstić information content (AvgIpc) is 2.95. The number of hydrogen-bond acceptors (Lipinski definition) is 5. The summed E-state index contributed by atoms with van der Waals surface area (Å²) in [6, 6.07) is 8.17. The molecule has 5 heteroatoms. The van der Waals surface area contributed by atoms with Crippen LogP contribution in [0.15, 0.2) is 35.5 Å². The van der Waals surface area contributed by atoms with Gasteiger partial charge in [-0.15, -0.1) is 0 Å². The molecule has 0 saturated heterocycles. The number of nitrogens with one attached hydrogen (secondary N) is 2. The lowest BCUT2D eigenvalue weighted by Crippen LogP contribution is -2.26. The molecule has 5 nitrogen and oxygen atoms in total. The van der Waals surface area contributed by atoms with Gasteiger partial charge in [-0.25, -0.2) is 15.0 Å². The molecule has 0 fully saturated rings. The van der Waals surface area contributed by atoms with E-state index in [4.69, 9.17) is 0 Å². The highest BCUT2D eigenvalue weighted by molar-refractivity contribution is 6.04. The van der Waals surface area contributed by atoms with Gasteiger partial charge in [0.25, 0.3) is 0 Å². The van der Waals surface area contributed by atoms with E-state index in [-0.39, 0.29) is 0 Å². The van der Waals surface area contributed by atoms with Crippen molar-refractivity contribution in [3.8, 4) is 0 Å². The predicted molar refractivity (Wildman–Crippen MR) is 78.9 cm³/mol. The lowest BCUT2D eigenvalue weighted by molar-refractivity contribution is 0.900. The minimum Gasteiger partial charge on any atom is -0.326 e. The normalized spacial score (nSPS) is 15.9. The number of guanidine groups is 1. The number of aryl methyl sites for hydroxylation is 2. The number of fused-ring (bicyclic) bond motifs is 2. The summed E-state index contributed by atoms with van der Waals surface area (Å²) >= 11 is 0. The number of para-hydroxylation sites is 1. The van der Waals surface area contributed by atoms with Gasteiger partial charge in [0.05, 0.1) is 6.54 Å². The topological polar surface area (TPSA) is 62.2 Å². The molecule has 1 aliphatic carbocycles. The Morgan fingerprint density at radius 1 is 1.10 bits per heavy atom. The fourth-order valence-corrected chi connectivity index (χ4v) is 2.66. The Kier molecular flexibility index (Phi) is 2.62. The van der Waals surface area contributed by atoms with Crippen LogP contribution in [0.4, 0.5) is 11.6 Å². The Balaban J connectivity index is 1.54. The van der Waals surface area contributed by atoms with Crippen molar-refractivity contribution in [3.63, 3.8) is 0 Å². The molecule has 2 aliphatic rings. The Morgan fingerprint density at radius 2 is 2.05 bits per heavy atom. The third kappa shape index (κ3) is 2.01. The van der Waals surface area contributed by atoms with Gasteiger partial charge in [-0.05, 0) is 36.5 Å². The van der Waals surface area contributed by atoms with Crippen LogP contribution in [-0.2, 0) is 19.4 Å². The van der Waals surface area contributed by atoms with Gasteiger partial charge in [0.1, 0.15) is 0 Å². The zero-order valence-corrected chi connectivity index (χ0v) is 11.1. The minimum absolute atomic E-state index is 0.622. The third-order valence-electron chi connectivity index (χ3n) is 3.72. The van der Waals surface area contributed by atoms with Crippen LogP contribution in [0, 0.1) is 0 Å². The van der Waals surface area contributed by atoms with E-state index in [1.165, 1.54) is 23.2 Å². The van der Waals surface area contributed by atoms with Crippen LogP contribution >= 0.6 is 0 Å². The Bertz CT molecular complexity index is 692. The molecule has 0 bridgehead atoms. The first-order chi connectivity index (χ1) is 9.88. The zero-order valence-electron chi connectivity index (χ0n) is 11.1. The maximum Gasteiger partial charge on any atom is 0.229 e. The molecule has 0 amide bonds. The van der Waals surface area contributed by atoms with Crippen molar-refractivity contribution in [2.45, 2.75) is 25.8 Å². The number of rotatable bonds is 1. The molecule has 2 aromatic rings. The summed E-state index contributed by atoms with van der Waals surface area (Å²) in [6.45, 7) is 0.677.